The van der Waals surface area contributed by atoms with Crippen LogP contribution in [0.4, 0.5) is 0 Å². The van der Waals surface area contributed by atoms with Gasteiger partial charge in [0.1, 0.15) is 18.3 Å². The fourth-order valence-corrected chi connectivity index (χ4v) is 5.99. The van der Waals surface area contributed by atoms with Crippen LogP contribution in [-0.2, 0) is 39.2 Å². The van der Waals surface area contributed by atoms with Crippen LogP contribution in [0.1, 0.15) is 53.5 Å². The normalized spacial score (nSPS) is 28.2. The summed E-state index contributed by atoms with van der Waals surface area (Å²) in [5.74, 6) is -0.152. The maximum atomic E-state index is 12.6. The van der Waals surface area contributed by atoms with Crippen molar-refractivity contribution in [2.24, 2.45) is 0 Å². The Morgan fingerprint density at radius 3 is 2.07 bits per heavy atom. The largest absolute Gasteiger partial charge is 0.414 e. The van der Waals surface area contributed by atoms with E-state index < -0.39 is 53.6 Å². The fourth-order valence-electron chi connectivity index (χ4n) is 3.98. The van der Waals surface area contributed by atoms with Gasteiger partial charge in [-0.2, -0.15) is 0 Å². The lowest BCUT2D eigenvalue weighted by Gasteiger charge is -2.43. The summed E-state index contributed by atoms with van der Waals surface area (Å²) in [6.07, 6.45) is -1.06. The Bertz CT molecular complexity index is 1020. The summed E-state index contributed by atoms with van der Waals surface area (Å²) in [6.45, 7) is 22.4. The summed E-state index contributed by atoms with van der Waals surface area (Å²) in [7, 11) is -4.16. The third-order valence-corrected chi connectivity index (χ3v) is 18.0. The average Bonchev–Trinajstić information content (AvgIpc) is 2.87. The molecule has 0 saturated carbocycles. The van der Waals surface area contributed by atoms with Crippen molar-refractivity contribution in [2.75, 3.05) is 13.2 Å². The number of benzene rings is 1. The summed E-state index contributed by atoms with van der Waals surface area (Å²) in [6, 6.07) is 9.87. The lowest BCUT2D eigenvalue weighted by Crippen LogP contribution is -2.55. The standard InChI is InChI=1S/C31H52O8Si2/c1-30(2,3)40(7,8)35-20-25-23(32)16-17-27(38-25)37-24-18-28(34-19-22-14-12-11-13-15-22)39-26(29(24)33)21-36-41(9,10)31(4,5)6/h11-17,24-29,33H,18-21H2,1-10H3/t24-,25+,26+,27+,28+,29-/m1/s1. The van der Waals surface area contributed by atoms with E-state index in [0.717, 1.165) is 5.56 Å². The molecule has 0 radical (unpaired) electrons. The first kappa shape index (κ1) is 34.3. The molecule has 0 amide bonds. The van der Waals surface area contributed by atoms with Gasteiger partial charge in [0.2, 0.25) is 0 Å². The van der Waals surface area contributed by atoms with E-state index in [9.17, 15) is 9.90 Å². The van der Waals surface area contributed by atoms with Crippen LogP contribution in [0.25, 0.3) is 0 Å². The molecule has 10 heteroatoms. The highest BCUT2D eigenvalue weighted by molar-refractivity contribution is 6.74. The molecule has 0 unspecified atom stereocenters. The molecule has 0 aromatic heterocycles. The van der Waals surface area contributed by atoms with Crippen molar-refractivity contribution in [1.29, 1.82) is 0 Å². The Morgan fingerprint density at radius 1 is 0.902 bits per heavy atom. The third kappa shape index (κ3) is 9.38. The zero-order chi connectivity index (χ0) is 30.6. The second-order valence-electron chi connectivity index (χ2n) is 14.2. The maximum Gasteiger partial charge on any atom is 0.192 e. The number of ether oxygens (including phenoxy) is 4. The predicted molar refractivity (Wildman–Crippen MR) is 164 cm³/mol. The van der Waals surface area contributed by atoms with Crippen LogP contribution in [0.2, 0.25) is 36.3 Å². The molecule has 2 aliphatic heterocycles. The Morgan fingerprint density at radius 2 is 1.49 bits per heavy atom. The van der Waals surface area contributed by atoms with Gasteiger partial charge >= 0.3 is 0 Å². The number of aliphatic hydroxyl groups excluding tert-OH is 1. The third-order valence-electron chi connectivity index (χ3n) is 8.95. The van der Waals surface area contributed by atoms with E-state index in [2.05, 4.69) is 67.7 Å². The van der Waals surface area contributed by atoms with Crippen LogP contribution in [0.15, 0.2) is 42.5 Å². The summed E-state index contributed by atoms with van der Waals surface area (Å²) in [4.78, 5) is 12.6. The minimum Gasteiger partial charge on any atom is -0.414 e. The number of carbonyl (C=O) groups excluding carboxylic acids is 1. The van der Waals surface area contributed by atoms with Crippen LogP contribution in [0, 0.1) is 0 Å². The Balaban J connectivity index is 1.69. The minimum atomic E-state index is -2.09. The number of rotatable bonds is 11. The summed E-state index contributed by atoms with van der Waals surface area (Å²) in [5.41, 5.74) is 1.02. The molecule has 6 atom stereocenters. The second kappa shape index (κ2) is 13.6. The van der Waals surface area contributed by atoms with E-state index in [1.54, 1.807) is 6.08 Å². The smallest absolute Gasteiger partial charge is 0.192 e. The van der Waals surface area contributed by atoms with Crippen LogP contribution in [-0.4, -0.2) is 77.7 Å². The van der Waals surface area contributed by atoms with Gasteiger partial charge in [-0.1, -0.05) is 71.9 Å². The quantitative estimate of drug-likeness (QED) is 0.308. The minimum absolute atomic E-state index is 0.0128. The molecule has 2 aliphatic rings. The van der Waals surface area contributed by atoms with Crippen molar-refractivity contribution in [1.82, 2.24) is 0 Å². The van der Waals surface area contributed by atoms with Gasteiger partial charge in [-0.3, -0.25) is 4.79 Å². The van der Waals surface area contributed by atoms with E-state index in [4.69, 9.17) is 27.8 Å². The zero-order valence-electron chi connectivity index (χ0n) is 26.6. The molecule has 1 N–H and O–H groups in total. The van der Waals surface area contributed by atoms with Gasteiger partial charge in [0.15, 0.2) is 35.0 Å². The lowest BCUT2D eigenvalue weighted by atomic mass is 10.0. The highest BCUT2D eigenvalue weighted by Crippen LogP contribution is 2.38. The molecule has 1 saturated heterocycles. The highest BCUT2D eigenvalue weighted by atomic mass is 28.4. The molecule has 8 nitrogen and oxygen atoms in total. The lowest BCUT2D eigenvalue weighted by molar-refractivity contribution is -0.287. The van der Waals surface area contributed by atoms with Crippen molar-refractivity contribution < 1.29 is 37.7 Å². The van der Waals surface area contributed by atoms with Gasteiger partial charge in [-0.25, -0.2) is 0 Å². The van der Waals surface area contributed by atoms with E-state index in [-0.39, 0.29) is 29.1 Å². The highest BCUT2D eigenvalue weighted by Gasteiger charge is 2.44. The molecular weight excluding hydrogens is 557 g/mol. The van der Waals surface area contributed by atoms with E-state index in [1.807, 2.05) is 30.3 Å². The molecule has 0 bridgehead atoms. The Hall–Kier alpha value is -1.22. The van der Waals surface area contributed by atoms with Gasteiger partial charge in [0.25, 0.3) is 0 Å². The number of ketones is 1. The first-order chi connectivity index (χ1) is 18.9. The van der Waals surface area contributed by atoms with Crippen molar-refractivity contribution in [3.63, 3.8) is 0 Å². The molecule has 3 rings (SSSR count). The van der Waals surface area contributed by atoms with Crippen molar-refractivity contribution in [3.8, 4) is 0 Å². The molecule has 0 aliphatic carbocycles. The molecule has 1 fully saturated rings. The summed E-state index contributed by atoms with van der Waals surface area (Å²) >= 11 is 0. The van der Waals surface area contributed by atoms with E-state index in [1.165, 1.54) is 6.08 Å². The number of aliphatic hydroxyl groups is 1. The monoisotopic (exact) mass is 608 g/mol. The number of hydrogen-bond acceptors (Lipinski definition) is 8. The van der Waals surface area contributed by atoms with Gasteiger partial charge < -0.3 is 32.9 Å². The first-order valence-electron chi connectivity index (χ1n) is 14.7. The predicted octanol–water partition coefficient (Wildman–Crippen LogP) is 5.96. The molecular formula is C31H52O8Si2. The van der Waals surface area contributed by atoms with Gasteiger partial charge in [0, 0.05) is 6.42 Å². The van der Waals surface area contributed by atoms with E-state index in [0.29, 0.717) is 13.0 Å². The molecule has 232 valence electrons. The average molecular weight is 609 g/mol. The molecule has 1 aromatic carbocycles. The zero-order valence-corrected chi connectivity index (χ0v) is 28.6. The van der Waals surface area contributed by atoms with Crippen LogP contribution in [0.5, 0.6) is 0 Å². The first-order valence-corrected chi connectivity index (χ1v) is 20.5. The van der Waals surface area contributed by atoms with Crippen LogP contribution in [0.3, 0.4) is 0 Å². The van der Waals surface area contributed by atoms with E-state index >= 15 is 0 Å². The van der Waals surface area contributed by atoms with Gasteiger partial charge in [-0.05, 0) is 54.0 Å². The van der Waals surface area contributed by atoms with Crippen molar-refractivity contribution >= 4 is 22.4 Å². The number of hydrogen-bond donors (Lipinski definition) is 1. The SMILES string of the molecule is CC(C)(C)[Si](C)(C)OC[C@@H]1O[C@H](O[C@@H]2C[C@@H](OCc3ccccc3)O[C@@H](CO[Si](C)(C)C(C)(C)C)[C@@H]2O)C=CC1=O. The van der Waals surface area contributed by atoms with Crippen LogP contribution >= 0.6 is 0 Å². The van der Waals surface area contributed by atoms with Crippen molar-refractivity contribution in [2.45, 2.75) is 128 Å². The topological polar surface area (TPSA) is 92.7 Å². The summed E-state index contributed by atoms with van der Waals surface area (Å²) in [5, 5.41) is 11.4. The maximum absolute atomic E-state index is 12.6. The second-order valence-corrected chi connectivity index (χ2v) is 23.8. The van der Waals surface area contributed by atoms with Crippen molar-refractivity contribution in [3.05, 3.63) is 48.0 Å². The molecule has 2 heterocycles. The molecule has 41 heavy (non-hydrogen) atoms. The summed E-state index contributed by atoms with van der Waals surface area (Å²) < 4.78 is 37.3. The fraction of sp³-hybridized carbons (Fsp3) is 0.710. The Labute approximate surface area is 248 Å². The van der Waals surface area contributed by atoms with Crippen LogP contribution < -0.4 is 0 Å². The molecule has 0 spiro atoms. The van der Waals surface area contributed by atoms with Gasteiger partial charge in [-0.15, -0.1) is 0 Å². The van der Waals surface area contributed by atoms with Gasteiger partial charge in [0.05, 0.1) is 25.9 Å². The molecule has 1 aromatic rings. The number of carbonyl (C=O) groups is 1. The Kier molecular flexibility index (Phi) is 11.4.